The molecular weight excluding hydrogens is 534 g/mol. The third-order valence-corrected chi connectivity index (χ3v) is 9.11. The zero-order valence-corrected chi connectivity index (χ0v) is 23.0. The van der Waals surface area contributed by atoms with Crippen molar-refractivity contribution in [2.24, 2.45) is 0 Å². The lowest BCUT2D eigenvalue weighted by molar-refractivity contribution is 0.251. The number of likely N-dealkylation sites (tertiary alicyclic amines) is 1. The van der Waals surface area contributed by atoms with Crippen molar-refractivity contribution in [2.45, 2.75) is 51.0 Å². The summed E-state index contributed by atoms with van der Waals surface area (Å²) in [5.74, 6) is 1.73. The van der Waals surface area contributed by atoms with Crippen LogP contribution in [0.3, 0.4) is 0 Å². The summed E-state index contributed by atoms with van der Waals surface area (Å²) in [6.45, 7) is 4.96. The number of fused-ring (bicyclic) bond motifs is 1. The molecule has 4 aromatic rings. The lowest BCUT2D eigenvalue weighted by atomic mass is 9.91. The first-order chi connectivity index (χ1) is 17.4. The van der Waals surface area contributed by atoms with Gasteiger partial charge < -0.3 is 10.2 Å². The molecule has 1 atom stereocenters. The van der Waals surface area contributed by atoms with Gasteiger partial charge in [0.05, 0.1) is 11.0 Å². The normalized spacial score (nSPS) is 18.6. The summed E-state index contributed by atoms with van der Waals surface area (Å²) in [6, 6.07) is 12.7. The molecule has 2 aliphatic rings. The molecule has 8 heteroatoms. The predicted octanol–water partition coefficient (Wildman–Crippen LogP) is 6.40. The van der Waals surface area contributed by atoms with Crippen molar-refractivity contribution in [3.8, 4) is 0 Å². The predicted molar refractivity (Wildman–Crippen MR) is 151 cm³/mol. The first kappa shape index (κ1) is 23.8. The molecule has 1 saturated heterocycles. The topological polar surface area (TPSA) is 63.1 Å². The summed E-state index contributed by atoms with van der Waals surface area (Å²) in [4.78, 5) is 27.7. The van der Waals surface area contributed by atoms with Crippen molar-refractivity contribution < 1.29 is 0 Å². The SMILES string of the molecule is Cc1cc(Cn2c(=O)c(Br)cc3cnc(Nc4ccc(C5CCCN(C)C5)cc4)nc32)c(C2CC2)s1. The van der Waals surface area contributed by atoms with Gasteiger partial charge in [0.1, 0.15) is 5.65 Å². The Morgan fingerprint density at radius 3 is 2.69 bits per heavy atom. The summed E-state index contributed by atoms with van der Waals surface area (Å²) < 4.78 is 2.31. The van der Waals surface area contributed by atoms with Gasteiger partial charge in [-0.1, -0.05) is 12.1 Å². The molecule has 36 heavy (non-hydrogen) atoms. The van der Waals surface area contributed by atoms with Gasteiger partial charge in [-0.05, 0) is 109 Å². The van der Waals surface area contributed by atoms with E-state index in [1.165, 1.54) is 53.1 Å². The number of nitrogens with one attached hydrogen (secondary N) is 1. The Hall–Kier alpha value is -2.55. The highest BCUT2D eigenvalue weighted by molar-refractivity contribution is 9.10. The Morgan fingerprint density at radius 2 is 1.94 bits per heavy atom. The Bertz CT molecular complexity index is 1470. The van der Waals surface area contributed by atoms with Crippen LogP contribution in [0.2, 0.25) is 0 Å². The average Bonchev–Trinajstić information content (AvgIpc) is 3.65. The van der Waals surface area contributed by atoms with Crippen molar-refractivity contribution in [3.05, 3.63) is 78.3 Å². The number of benzene rings is 1. The van der Waals surface area contributed by atoms with Gasteiger partial charge in [0.15, 0.2) is 0 Å². The molecule has 3 aromatic heterocycles. The zero-order valence-electron chi connectivity index (χ0n) is 20.6. The van der Waals surface area contributed by atoms with E-state index < -0.39 is 0 Å². The van der Waals surface area contributed by atoms with E-state index in [0.29, 0.717) is 34.4 Å². The van der Waals surface area contributed by atoms with Crippen LogP contribution < -0.4 is 10.9 Å². The number of aromatic nitrogens is 3. The van der Waals surface area contributed by atoms with Crippen LogP contribution in [0.5, 0.6) is 0 Å². The lowest BCUT2D eigenvalue weighted by Gasteiger charge is -2.30. The largest absolute Gasteiger partial charge is 0.324 e. The molecule has 0 spiro atoms. The van der Waals surface area contributed by atoms with Crippen molar-refractivity contribution in [3.63, 3.8) is 0 Å². The number of rotatable bonds is 6. The fourth-order valence-electron chi connectivity index (χ4n) is 5.31. The van der Waals surface area contributed by atoms with Crippen LogP contribution in [0.25, 0.3) is 11.0 Å². The number of halogens is 1. The second-order valence-electron chi connectivity index (χ2n) is 10.2. The Labute approximate surface area is 223 Å². The van der Waals surface area contributed by atoms with Gasteiger partial charge in [-0.2, -0.15) is 4.98 Å². The van der Waals surface area contributed by atoms with Crippen LogP contribution in [0.15, 0.2) is 51.9 Å². The van der Waals surface area contributed by atoms with Crippen LogP contribution >= 0.6 is 27.3 Å². The number of piperidine rings is 1. The van der Waals surface area contributed by atoms with Gasteiger partial charge in [-0.25, -0.2) is 4.98 Å². The third-order valence-electron chi connectivity index (χ3n) is 7.29. The number of hydrogen-bond donors (Lipinski definition) is 1. The van der Waals surface area contributed by atoms with Gasteiger partial charge in [0.25, 0.3) is 5.56 Å². The molecule has 1 saturated carbocycles. The van der Waals surface area contributed by atoms with Gasteiger partial charge in [0, 0.05) is 33.6 Å². The van der Waals surface area contributed by atoms with Crippen molar-refractivity contribution >= 4 is 49.9 Å². The van der Waals surface area contributed by atoms with Gasteiger partial charge in [-0.15, -0.1) is 11.3 Å². The van der Waals surface area contributed by atoms with Crippen molar-refractivity contribution in [1.29, 1.82) is 0 Å². The second-order valence-corrected chi connectivity index (χ2v) is 12.4. The number of thiophene rings is 1. The maximum atomic E-state index is 13.2. The molecule has 0 radical (unpaired) electrons. The Morgan fingerprint density at radius 1 is 1.14 bits per heavy atom. The third kappa shape index (κ3) is 4.86. The minimum Gasteiger partial charge on any atom is -0.324 e. The number of pyridine rings is 1. The number of anilines is 2. The van der Waals surface area contributed by atoms with E-state index in [9.17, 15) is 4.79 Å². The fraction of sp³-hybridized carbons (Fsp3) is 0.393. The van der Waals surface area contributed by atoms with E-state index in [1.807, 2.05) is 17.4 Å². The van der Waals surface area contributed by atoms with Crippen LogP contribution in [-0.4, -0.2) is 39.6 Å². The molecule has 0 bridgehead atoms. The molecule has 1 aliphatic carbocycles. The maximum Gasteiger partial charge on any atom is 0.266 e. The molecule has 4 heterocycles. The van der Waals surface area contributed by atoms with Crippen LogP contribution in [0.1, 0.15) is 58.4 Å². The van der Waals surface area contributed by atoms with Gasteiger partial charge >= 0.3 is 0 Å². The maximum absolute atomic E-state index is 13.2. The monoisotopic (exact) mass is 563 g/mol. The standard InChI is InChI=1S/C28H30BrN5OS/c1-17-12-22(25(36-17)19-5-6-19)16-34-26-21(13-24(29)27(34)35)14-30-28(32-26)31-23-9-7-18(8-10-23)20-4-3-11-33(2)15-20/h7-10,12-14,19-20H,3-6,11,15-16H2,1-2H3,(H,30,31,32). The van der Waals surface area contributed by atoms with Crippen molar-refractivity contribution in [1.82, 2.24) is 19.4 Å². The van der Waals surface area contributed by atoms with Gasteiger partial charge in [-0.3, -0.25) is 9.36 Å². The lowest BCUT2D eigenvalue weighted by Crippen LogP contribution is -2.30. The number of nitrogens with zero attached hydrogens (tertiary/aromatic N) is 4. The number of aryl methyl sites for hydroxylation is 1. The fourth-order valence-corrected chi connectivity index (χ4v) is 6.97. The highest BCUT2D eigenvalue weighted by Crippen LogP contribution is 2.45. The molecule has 6 nitrogen and oxygen atoms in total. The molecule has 1 unspecified atom stereocenters. The second kappa shape index (κ2) is 9.72. The quantitative estimate of drug-likeness (QED) is 0.294. The Balaban J connectivity index is 1.30. The van der Waals surface area contributed by atoms with Crippen LogP contribution in [0.4, 0.5) is 11.6 Å². The van der Waals surface area contributed by atoms with E-state index in [4.69, 9.17) is 4.98 Å². The minimum atomic E-state index is -0.0699. The first-order valence-electron chi connectivity index (χ1n) is 12.7. The average molecular weight is 565 g/mol. The molecule has 6 rings (SSSR count). The summed E-state index contributed by atoms with van der Waals surface area (Å²) >= 11 is 5.32. The molecule has 1 aliphatic heterocycles. The van der Waals surface area contributed by atoms with Crippen LogP contribution in [-0.2, 0) is 6.54 Å². The molecule has 1 N–H and O–H groups in total. The summed E-state index contributed by atoms with van der Waals surface area (Å²) in [5, 5.41) is 4.18. The van der Waals surface area contributed by atoms with E-state index in [1.54, 1.807) is 10.8 Å². The zero-order chi connectivity index (χ0) is 24.8. The summed E-state index contributed by atoms with van der Waals surface area (Å²) in [7, 11) is 2.20. The van der Waals surface area contributed by atoms with E-state index >= 15 is 0 Å². The van der Waals surface area contributed by atoms with E-state index in [2.05, 4.69) is 75.4 Å². The molecular formula is C28H30BrN5OS. The molecule has 186 valence electrons. The first-order valence-corrected chi connectivity index (χ1v) is 14.3. The minimum absolute atomic E-state index is 0.0699. The summed E-state index contributed by atoms with van der Waals surface area (Å²) in [5.41, 5.74) is 4.13. The smallest absolute Gasteiger partial charge is 0.266 e. The Kier molecular flexibility index (Phi) is 6.44. The molecule has 0 amide bonds. The van der Waals surface area contributed by atoms with Crippen molar-refractivity contribution in [2.75, 3.05) is 25.5 Å². The summed E-state index contributed by atoms with van der Waals surface area (Å²) in [6.07, 6.45) is 6.76. The van der Waals surface area contributed by atoms with E-state index in [0.717, 1.165) is 17.6 Å². The number of likely N-dealkylation sites (N-methyl/N-ethyl adjacent to an activating group) is 1. The van der Waals surface area contributed by atoms with E-state index in [-0.39, 0.29) is 5.56 Å². The highest BCUT2D eigenvalue weighted by atomic mass is 79.9. The highest BCUT2D eigenvalue weighted by Gasteiger charge is 2.28. The number of hydrogen-bond acceptors (Lipinski definition) is 6. The molecule has 2 fully saturated rings. The van der Waals surface area contributed by atoms with Gasteiger partial charge in [0.2, 0.25) is 5.95 Å². The van der Waals surface area contributed by atoms with Crippen LogP contribution in [0, 0.1) is 6.92 Å². The molecule has 1 aromatic carbocycles.